The van der Waals surface area contributed by atoms with Gasteiger partial charge in [0.1, 0.15) is 17.5 Å². The number of nitrogens with zero attached hydrogens (tertiary/aromatic N) is 2. The number of ketones is 1. The number of ether oxygens (including phenoxy) is 3. The third-order valence-electron chi connectivity index (χ3n) is 13.1. The van der Waals surface area contributed by atoms with Crippen molar-refractivity contribution in [1.29, 1.82) is 0 Å². The first-order valence-corrected chi connectivity index (χ1v) is 22.2. The van der Waals surface area contributed by atoms with Gasteiger partial charge in [0.05, 0.1) is 36.9 Å². The summed E-state index contributed by atoms with van der Waals surface area (Å²) in [6, 6.07) is 6.41. The number of sulfonamides is 1. The number of Topliss-reactive ketones (excluding diaryl/α,β-unsaturated/α-hetero) is 1. The number of allylic oxidation sites excluding steroid dienone is 2. The Kier molecular flexibility index (Phi) is 11.9. The van der Waals surface area contributed by atoms with Crippen LogP contribution in [0.5, 0.6) is 11.8 Å². The van der Waals surface area contributed by atoms with Gasteiger partial charge in [-0.2, -0.15) is 4.98 Å². The molecule has 16 heteroatoms. The maximum Gasteiger partial charge on any atom is 0.307 e. The van der Waals surface area contributed by atoms with Gasteiger partial charge in [0.25, 0.3) is 6.43 Å². The molecule has 0 radical (unpaired) electrons. The number of hydrogen-bond acceptors (Lipinski definition) is 10. The van der Waals surface area contributed by atoms with Gasteiger partial charge in [0, 0.05) is 23.8 Å². The van der Waals surface area contributed by atoms with Gasteiger partial charge in [-0.3, -0.25) is 23.9 Å². The molecule has 4 heterocycles. The van der Waals surface area contributed by atoms with E-state index in [-0.39, 0.29) is 44.0 Å². The number of hydrogen-bond donors (Lipinski definition) is 1. The van der Waals surface area contributed by atoms with Crippen molar-refractivity contribution in [1.82, 2.24) is 14.6 Å². The Labute approximate surface area is 343 Å². The standard InChI is InChI=1S/C43H54F3N3O9S/c1-25-10-5-6-11-27-21-43(27,40(53)48-59(54,55)42(24-44)15-16-42)22-34(50)33-19-28(57-37-31-13-8-7-12-29(31)30-14-9-17-56-36(30)47-37)23-49(33)38(52)32(26(2)18-25)20-35(51)58-41(3,4)39(45)46/h6-8,11-13,25-28,32-33,39H,5,9-10,14-24H2,1-4H3,(H,48,53)/b11-6-/t25-,26-,27-,28-,32+,33+,43-/m1/s1. The Bertz CT molecular complexity index is 2130. The number of carbonyl (C=O) groups is 4. The zero-order valence-electron chi connectivity index (χ0n) is 34.0. The number of alkyl halides is 3. The largest absolute Gasteiger partial charge is 0.477 e. The molecule has 2 aliphatic carbocycles. The number of fused-ring (bicyclic) bond motifs is 5. The fourth-order valence-electron chi connectivity index (χ4n) is 9.09. The first-order chi connectivity index (χ1) is 27.9. The van der Waals surface area contributed by atoms with Crippen LogP contribution in [0.2, 0.25) is 0 Å². The number of esters is 1. The van der Waals surface area contributed by atoms with E-state index in [0.29, 0.717) is 31.7 Å². The lowest BCUT2D eigenvalue weighted by molar-refractivity contribution is -0.174. The van der Waals surface area contributed by atoms with E-state index in [0.717, 1.165) is 43.0 Å². The van der Waals surface area contributed by atoms with Crippen molar-refractivity contribution >= 4 is 44.4 Å². The van der Waals surface area contributed by atoms with E-state index in [4.69, 9.17) is 19.2 Å². The van der Waals surface area contributed by atoms with Crippen LogP contribution in [0, 0.1) is 29.1 Å². The van der Waals surface area contributed by atoms with Crippen molar-refractivity contribution < 1.29 is 55.0 Å². The lowest BCUT2D eigenvalue weighted by Gasteiger charge is -2.33. The lowest BCUT2D eigenvalue weighted by atomic mass is 9.82. The summed E-state index contributed by atoms with van der Waals surface area (Å²) >= 11 is 0. The van der Waals surface area contributed by atoms with E-state index in [1.165, 1.54) is 4.90 Å². The number of pyridine rings is 1. The molecule has 1 N–H and O–H groups in total. The van der Waals surface area contributed by atoms with Crippen molar-refractivity contribution in [2.75, 3.05) is 19.8 Å². The second-order valence-corrected chi connectivity index (χ2v) is 20.1. The lowest BCUT2D eigenvalue weighted by Crippen LogP contribution is -2.48. The summed E-state index contributed by atoms with van der Waals surface area (Å²) in [5, 5.41) is 1.62. The summed E-state index contributed by atoms with van der Waals surface area (Å²) in [6.07, 6.45) is 2.71. The van der Waals surface area contributed by atoms with Crippen LogP contribution in [0.15, 0.2) is 36.4 Å². The topological polar surface area (TPSA) is 158 Å². The molecule has 1 aromatic heterocycles. The Morgan fingerprint density at radius 2 is 1.85 bits per heavy atom. The minimum absolute atomic E-state index is 0.0135. The SMILES string of the molecule is C[C@@H]1CC/C=C\[C@@H]2C[C@@]2(C(=O)NS(=O)(=O)C2(CF)CC2)CC(=O)[C@@H]2C[C@@H](Oc3nc4c(c5ccccc35)CCCO4)CN2C(=O)[C@@H](CC(=O)OC(C)(C)C(F)F)[C@H](C)C1. The van der Waals surface area contributed by atoms with Crippen molar-refractivity contribution in [2.24, 2.45) is 29.1 Å². The summed E-state index contributed by atoms with van der Waals surface area (Å²) in [5.41, 5.74) is -2.61. The summed E-state index contributed by atoms with van der Waals surface area (Å²) in [5.74, 6) is -4.18. The van der Waals surface area contributed by atoms with Gasteiger partial charge in [-0.15, -0.1) is 0 Å². The van der Waals surface area contributed by atoms with Gasteiger partial charge >= 0.3 is 5.97 Å². The molecule has 2 saturated carbocycles. The molecule has 59 heavy (non-hydrogen) atoms. The van der Waals surface area contributed by atoms with Gasteiger partial charge < -0.3 is 19.1 Å². The average molecular weight is 846 g/mol. The fraction of sp³-hybridized carbons (Fsp3) is 0.651. The molecule has 3 fully saturated rings. The molecule has 12 nitrogen and oxygen atoms in total. The zero-order valence-corrected chi connectivity index (χ0v) is 34.8. The predicted molar refractivity (Wildman–Crippen MR) is 211 cm³/mol. The number of amides is 2. The molecule has 0 unspecified atom stereocenters. The summed E-state index contributed by atoms with van der Waals surface area (Å²) < 4.78 is 86.1. The van der Waals surface area contributed by atoms with E-state index in [2.05, 4.69) is 4.72 Å². The van der Waals surface area contributed by atoms with Crippen LogP contribution in [-0.2, 0) is 40.4 Å². The zero-order chi connectivity index (χ0) is 42.5. The Hall–Kier alpha value is -4.21. The summed E-state index contributed by atoms with van der Waals surface area (Å²) in [7, 11) is -4.39. The van der Waals surface area contributed by atoms with E-state index >= 15 is 0 Å². The third-order valence-corrected chi connectivity index (χ3v) is 15.2. The Morgan fingerprint density at radius 1 is 1.12 bits per heavy atom. The monoisotopic (exact) mass is 845 g/mol. The van der Waals surface area contributed by atoms with E-state index in [9.17, 15) is 40.8 Å². The highest BCUT2D eigenvalue weighted by molar-refractivity contribution is 7.91. The van der Waals surface area contributed by atoms with Gasteiger partial charge in [-0.25, -0.2) is 21.6 Å². The van der Waals surface area contributed by atoms with Crippen LogP contribution in [-0.4, -0.2) is 90.6 Å². The van der Waals surface area contributed by atoms with Gasteiger partial charge in [-0.05, 0) is 94.4 Å². The van der Waals surface area contributed by atoms with Crippen LogP contribution < -0.4 is 14.2 Å². The van der Waals surface area contributed by atoms with E-state index in [1.807, 2.05) is 50.3 Å². The smallest absolute Gasteiger partial charge is 0.307 e. The molecule has 0 spiro atoms. The number of nitrogens with one attached hydrogen (secondary N) is 1. The highest BCUT2D eigenvalue weighted by atomic mass is 32.2. The third kappa shape index (κ3) is 8.56. The molecule has 2 aromatic rings. The molecule has 7 rings (SSSR count). The molecule has 7 atom stereocenters. The molecule has 2 amide bonds. The molecule has 1 aromatic carbocycles. The van der Waals surface area contributed by atoms with Crippen LogP contribution in [0.1, 0.15) is 97.5 Å². The minimum atomic E-state index is -4.39. The predicted octanol–water partition coefficient (Wildman–Crippen LogP) is 6.43. The van der Waals surface area contributed by atoms with E-state index < -0.39 is 105 Å². The Morgan fingerprint density at radius 3 is 2.54 bits per heavy atom. The van der Waals surface area contributed by atoms with Crippen LogP contribution >= 0.6 is 0 Å². The van der Waals surface area contributed by atoms with Crippen molar-refractivity contribution in [2.45, 2.75) is 127 Å². The number of aryl methyl sites for hydroxylation is 1. The number of halogens is 3. The number of carbonyl (C=O) groups excluding carboxylic acids is 4. The quantitative estimate of drug-likeness (QED) is 0.209. The van der Waals surface area contributed by atoms with Crippen LogP contribution in [0.25, 0.3) is 10.8 Å². The number of rotatable bonds is 10. The van der Waals surface area contributed by atoms with Crippen LogP contribution in [0.4, 0.5) is 13.2 Å². The van der Waals surface area contributed by atoms with Gasteiger partial charge in [0.15, 0.2) is 11.4 Å². The number of aromatic nitrogens is 1. The summed E-state index contributed by atoms with van der Waals surface area (Å²) in [6.45, 7) is 5.26. The molecule has 322 valence electrons. The van der Waals surface area contributed by atoms with Crippen molar-refractivity contribution in [3.63, 3.8) is 0 Å². The second kappa shape index (κ2) is 16.3. The normalized spacial score (nSPS) is 30.2. The highest BCUT2D eigenvalue weighted by Crippen LogP contribution is 2.58. The molecule has 0 bridgehead atoms. The van der Waals surface area contributed by atoms with Crippen LogP contribution in [0.3, 0.4) is 0 Å². The van der Waals surface area contributed by atoms with Gasteiger partial charge in [-0.1, -0.05) is 44.2 Å². The molecular formula is C43H54F3N3O9S. The second-order valence-electron chi connectivity index (χ2n) is 18.1. The molecular weight excluding hydrogens is 792 g/mol. The number of benzene rings is 1. The summed E-state index contributed by atoms with van der Waals surface area (Å²) in [4.78, 5) is 63.1. The minimum Gasteiger partial charge on any atom is -0.477 e. The molecule has 3 aliphatic heterocycles. The first-order valence-electron chi connectivity index (χ1n) is 20.7. The van der Waals surface area contributed by atoms with Crippen molar-refractivity contribution in [3.05, 3.63) is 42.0 Å². The van der Waals surface area contributed by atoms with Crippen molar-refractivity contribution in [3.8, 4) is 11.8 Å². The Balaban J connectivity index is 1.24. The van der Waals surface area contributed by atoms with E-state index in [1.54, 1.807) is 0 Å². The fourth-order valence-corrected chi connectivity index (χ4v) is 10.5. The average Bonchev–Trinajstić information content (AvgIpc) is 4.09. The molecule has 5 aliphatic rings. The van der Waals surface area contributed by atoms with Gasteiger partial charge in [0.2, 0.25) is 33.6 Å². The maximum atomic E-state index is 14.9. The first kappa shape index (κ1) is 42.9. The highest BCUT2D eigenvalue weighted by Gasteiger charge is 2.63. The molecule has 1 saturated heterocycles. The maximum absolute atomic E-state index is 14.9.